The molecule has 4 rings (SSSR count). The molecule has 2 aliphatic rings. The van der Waals surface area contributed by atoms with Crippen molar-refractivity contribution in [3.63, 3.8) is 0 Å². The lowest BCUT2D eigenvalue weighted by molar-refractivity contribution is -0.132. The molecule has 3 atom stereocenters. The fraction of sp³-hybridized carbons (Fsp3) is 0.464. The minimum absolute atomic E-state index is 0.0670. The van der Waals surface area contributed by atoms with Crippen molar-refractivity contribution in [3.05, 3.63) is 59.3 Å². The Kier molecular flexibility index (Phi) is 7.72. The van der Waals surface area contributed by atoms with Gasteiger partial charge >= 0.3 is 0 Å². The molecule has 0 spiro atoms. The number of hydrogen-bond acceptors (Lipinski definition) is 5. The maximum atomic E-state index is 13.5. The first kappa shape index (κ1) is 24.7. The van der Waals surface area contributed by atoms with Crippen LogP contribution in [0.3, 0.4) is 0 Å². The zero-order chi connectivity index (χ0) is 24.9. The van der Waals surface area contributed by atoms with E-state index in [1.165, 1.54) is 0 Å². The SMILES string of the molecule is C[C@H](CO)N1C[C@H](C)[C@@H](CN(C)C(=O)C2CC2)Oc2ncc(C#CCc3ccccc3)cc2C1=O. The maximum absolute atomic E-state index is 13.5. The number of pyridine rings is 1. The van der Waals surface area contributed by atoms with E-state index in [1.807, 2.05) is 44.2 Å². The topological polar surface area (TPSA) is 83.0 Å². The molecule has 2 heterocycles. The average molecular weight is 476 g/mol. The van der Waals surface area contributed by atoms with E-state index < -0.39 is 0 Å². The molecule has 7 heteroatoms. The Bertz CT molecular complexity index is 1120. The van der Waals surface area contributed by atoms with Crippen LogP contribution in [-0.4, -0.2) is 70.6 Å². The summed E-state index contributed by atoms with van der Waals surface area (Å²) in [7, 11) is 1.80. The summed E-state index contributed by atoms with van der Waals surface area (Å²) in [4.78, 5) is 33.9. The molecule has 1 aromatic heterocycles. The van der Waals surface area contributed by atoms with E-state index in [0.29, 0.717) is 30.6 Å². The normalized spacial score (nSPS) is 20.5. The zero-order valence-corrected chi connectivity index (χ0v) is 20.6. The van der Waals surface area contributed by atoms with Gasteiger partial charge < -0.3 is 19.6 Å². The predicted octanol–water partition coefficient (Wildman–Crippen LogP) is 2.76. The highest BCUT2D eigenvalue weighted by Crippen LogP contribution is 2.32. The van der Waals surface area contributed by atoms with Crippen LogP contribution in [0.1, 0.15) is 48.2 Å². The van der Waals surface area contributed by atoms with Gasteiger partial charge in [0.15, 0.2) is 0 Å². The fourth-order valence-corrected chi connectivity index (χ4v) is 4.23. The van der Waals surface area contributed by atoms with Crippen molar-refractivity contribution in [1.82, 2.24) is 14.8 Å². The second kappa shape index (κ2) is 10.9. The fourth-order valence-electron chi connectivity index (χ4n) is 4.23. The summed E-state index contributed by atoms with van der Waals surface area (Å²) in [6.45, 7) is 4.48. The summed E-state index contributed by atoms with van der Waals surface area (Å²) in [6, 6.07) is 11.3. The van der Waals surface area contributed by atoms with Gasteiger partial charge in [0.25, 0.3) is 5.91 Å². The molecule has 2 amide bonds. The van der Waals surface area contributed by atoms with Crippen LogP contribution in [0.2, 0.25) is 0 Å². The Morgan fingerprint density at radius 3 is 2.74 bits per heavy atom. The first-order chi connectivity index (χ1) is 16.9. The van der Waals surface area contributed by atoms with E-state index in [1.54, 1.807) is 29.1 Å². The molecule has 1 aliphatic heterocycles. The van der Waals surface area contributed by atoms with Crippen molar-refractivity contribution in [2.45, 2.75) is 45.3 Å². The third kappa shape index (κ3) is 6.01. The van der Waals surface area contributed by atoms with Crippen LogP contribution >= 0.6 is 0 Å². The maximum Gasteiger partial charge on any atom is 0.259 e. The highest BCUT2D eigenvalue weighted by molar-refractivity contribution is 5.97. The lowest BCUT2D eigenvalue weighted by Gasteiger charge is -2.37. The highest BCUT2D eigenvalue weighted by atomic mass is 16.5. The number of aliphatic hydroxyl groups is 1. The van der Waals surface area contributed by atoms with Gasteiger partial charge in [0, 0.05) is 43.6 Å². The molecule has 0 saturated heterocycles. The van der Waals surface area contributed by atoms with Crippen LogP contribution in [-0.2, 0) is 11.2 Å². The third-order valence-electron chi connectivity index (χ3n) is 6.65. The molecule has 0 bridgehead atoms. The smallest absolute Gasteiger partial charge is 0.259 e. The monoisotopic (exact) mass is 475 g/mol. The number of aliphatic hydroxyl groups excluding tert-OH is 1. The van der Waals surface area contributed by atoms with Crippen molar-refractivity contribution in [2.75, 3.05) is 26.7 Å². The molecule has 0 unspecified atom stereocenters. The van der Waals surface area contributed by atoms with E-state index in [0.717, 1.165) is 18.4 Å². The molecular weight excluding hydrogens is 442 g/mol. The quantitative estimate of drug-likeness (QED) is 0.650. The van der Waals surface area contributed by atoms with Gasteiger partial charge in [-0.05, 0) is 31.4 Å². The van der Waals surface area contributed by atoms with Crippen LogP contribution in [0.15, 0.2) is 42.6 Å². The molecule has 0 radical (unpaired) electrons. The largest absolute Gasteiger partial charge is 0.472 e. The number of fused-ring (bicyclic) bond motifs is 1. The predicted molar refractivity (Wildman–Crippen MR) is 133 cm³/mol. The van der Waals surface area contributed by atoms with Gasteiger partial charge in [-0.2, -0.15) is 0 Å². The molecule has 35 heavy (non-hydrogen) atoms. The van der Waals surface area contributed by atoms with Crippen LogP contribution in [0.5, 0.6) is 5.88 Å². The van der Waals surface area contributed by atoms with Crippen molar-refractivity contribution in [3.8, 4) is 17.7 Å². The third-order valence-corrected chi connectivity index (χ3v) is 6.65. The number of nitrogens with zero attached hydrogens (tertiary/aromatic N) is 3. The molecule has 1 aliphatic carbocycles. The first-order valence-electron chi connectivity index (χ1n) is 12.2. The molecule has 2 aromatic rings. The van der Waals surface area contributed by atoms with Gasteiger partial charge in [-0.25, -0.2) is 4.98 Å². The lowest BCUT2D eigenvalue weighted by Crippen LogP contribution is -2.50. The van der Waals surface area contributed by atoms with Crippen molar-refractivity contribution >= 4 is 11.8 Å². The molecular formula is C28H33N3O4. The summed E-state index contributed by atoms with van der Waals surface area (Å²) in [5.41, 5.74) is 2.06. The van der Waals surface area contributed by atoms with Crippen molar-refractivity contribution in [1.29, 1.82) is 0 Å². The van der Waals surface area contributed by atoms with Gasteiger partial charge in [0.1, 0.15) is 11.7 Å². The van der Waals surface area contributed by atoms with Gasteiger partial charge in [0.05, 0.1) is 19.2 Å². The Balaban J connectivity index is 1.61. The number of benzene rings is 1. The Labute approximate surface area is 207 Å². The summed E-state index contributed by atoms with van der Waals surface area (Å²) in [6.07, 6.45) is 3.76. The summed E-state index contributed by atoms with van der Waals surface area (Å²) in [5.74, 6) is 6.44. The van der Waals surface area contributed by atoms with Gasteiger partial charge in [-0.15, -0.1) is 0 Å². The minimum atomic E-state index is -0.366. The minimum Gasteiger partial charge on any atom is -0.472 e. The standard InChI is InChI=1S/C28H33N3O4/c1-19-16-31(20(2)18-32)28(34)24-14-22(11-7-10-21-8-5-4-6-9-21)15-29-26(24)35-25(19)17-30(3)27(33)23-12-13-23/h4-6,8-9,14-15,19-20,23,25,32H,10,12-13,16-18H2,1-3H3/t19-,20+,25+/m0/s1. The molecule has 1 aromatic carbocycles. The number of likely N-dealkylation sites (N-methyl/N-ethyl adjacent to an activating group) is 1. The van der Waals surface area contributed by atoms with E-state index in [2.05, 4.69) is 16.8 Å². The molecule has 1 saturated carbocycles. The number of hydrogen-bond donors (Lipinski definition) is 1. The average Bonchev–Trinajstić information content (AvgIpc) is 3.71. The first-order valence-corrected chi connectivity index (χ1v) is 12.2. The van der Waals surface area contributed by atoms with Crippen LogP contribution in [0.25, 0.3) is 0 Å². The number of ether oxygens (including phenoxy) is 1. The summed E-state index contributed by atoms with van der Waals surface area (Å²) >= 11 is 0. The molecule has 184 valence electrons. The number of aromatic nitrogens is 1. The van der Waals surface area contributed by atoms with E-state index in [4.69, 9.17) is 4.74 Å². The second-order valence-electron chi connectivity index (χ2n) is 9.66. The highest BCUT2D eigenvalue weighted by Gasteiger charge is 2.37. The Hall–Kier alpha value is -3.37. The molecule has 1 fully saturated rings. The Morgan fingerprint density at radius 2 is 2.06 bits per heavy atom. The van der Waals surface area contributed by atoms with Crippen molar-refractivity contribution in [2.24, 2.45) is 11.8 Å². The number of amides is 2. The van der Waals surface area contributed by atoms with E-state index >= 15 is 0 Å². The van der Waals surface area contributed by atoms with Crippen LogP contribution < -0.4 is 4.74 Å². The zero-order valence-electron chi connectivity index (χ0n) is 20.6. The van der Waals surface area contributed by atoms with Gasteiger partial charge in [0.2, 0.25) is 11.8 Å². The summed E-state index contributed by atoms with van der Waals surface area (Å²) in [5, 5.41) is 9.82. The Morgan fingerprint density at radius 1 is 1.31 bits per heavy atom. The number of carbonyl (C=O) groups excluding carboxylic acids is 2. The van der Waals surface area contributed by atoms with Gasteiger partial charge in [-0.3, -0.25) is 9.59 Å². The van der Waals surface area contributed by atoms with E-state index in [9.17, 15) is 14.7 Å². The second-order valence-corrected chi connectivity index (χ2v) is 9.66. The van der Waals surface area contributed by atoms with Crippen LogP contribution in [0.4, 0.5) is 0 Å². The summed E-state index contributed by atoms with van der Waals surface area (Å²) < 4.78 is 6.27. The lowest BCUT2D eigenvalue weighted by atomic mass is 9.99. The molecule has 1 N–H and O–H groups in total. The van der Waals surface area contributed by atoms with Crippen molar-refractivity contribution < 1.29 is 19.4 Å². The van der Waals surface area contributed by atoms with E-state index in [-0.39, 0.29) is 48.3 Å². The van der Waals surface area contributed by atoms with Gasteiger partial charge in [-0.1, -0.05) is 49.1 Å². The number of rotatable bonds is 6. The number of carbonyl (C=O) groups is 2. The molecule has 7 nitrogen and oxygen atoms in total. The van der Waals surface area contributed by atoms with Crippen LogP contribution in [0, 0.1) is 23.7 Å².